The molecule has 0 aromatic heterocycles. The van der Waals surface area contributed by atoms with Crippen molar-refractivity contribution < 1.29 is 14.4 Å². The fourth-order valence-corrected chi connectivity index (χ4v) is 6.21. The van der Waals surface area contributed by atoms with Gasteiger partial charge >= 0.3 is 0 Å². The molecule has 1 aliphatic heterocycles. The molecule has 156 valence electrons. The molecule has 4 aliphatic carbocycles. The van der Waals surface area contributed by atoms with Crippen LogP contribution >= 0.6 is 23.2 Å². The number of nitrogens with one attached hydrogen (secondary N) is 1. The van der Waals surface area contributed by atoms with Crippen LogP contribution in [-0.2, 0) is 9.59 Å². The molecule has 7 heteroatoms. The van der Waals surface area contributed by atoms with E-state index >= 15 is 0 Å². The van der Waals surface area contributed by atoms with E-state index in [2.05, 4.69) is 17.5 Å². The lowest BCUT2D eigenvalue weighted by atomic mass is 9.63. The van der Waals surface area contributed by atoms with Crippen LogP contribution in [0.2, 0.25) is 10.0 Å². The fraction of sp³-hybridized carbons (Fsp3) is 0.292. The Morgan fingerprint density at radius 2 is 1.52 bits per heavy atom. The van der Waals surface area contributed by atoms with Crippen LogP contribution in [0, 0.1) is 35.5 Å². The Morgan fingerprint density at radius 1 is 0.903 bits per heavy atom. The van der Waals surface area contributed by atoms with Crippen molar-refractivity contribution in [3.8, 4) is 0 Å². The molecule has 3 amide bonds. The maximum absolute atomic E-state index is 13.2. The van der Waals surface area contributed by atoms with Crippen molar-refractivity contribution in [2.75, 3.05) is 10.2 Å². The van der Waals surface area contributed by atoms with E-state index < -0.39 is 0 Å². The minimum Gasteiger partial charge on any atom is -0.321 e. The van der Waals surface area contributed by atoms with Gasteiger partial charge in [0.2, 0.25) is 11.8 Å². The maximum atomic E-state index is 13.2. The molecule has 2 saturated carbocycles. The number of benzene rings is 2. The van der Waals surface area contributed by atoms with E-state index in [-0.39, 0.29) is 41.4 Å². The summed E-state index contributed by atoms with van der Waals surface area (Å²) in [5.41, 5.74) is 1.36. The number of allylic oxidation sites excluding steroid dienone is 2. The van der Waals surface area contributed by atoms with Crippen LogP contribution in [0.15, 0.2) is 54.6 Å². The lowest BCUT2D eigenvalue weighted by Crippen LogP contribution is -2.40. The molecule has 2 bridgehead atoms. The first-order valence-electron chi connectivity index (χ1n) is 10.4. The van der Waals surface area contributed by atoms with E-state index in [4.69, 9.17) is 23.2 Å². The zero-order valence-electron chi connectivity index (χ0n) is 16.3. The zero-order chi connectivity index (χ0) is 21.4. The van der Waals surface area contributed by atoms with Crippen molar-refractivity contribution >= 4 is 52.3 Å². The Bertz CT molecular complexity index is 1140. The first kappa shape index (κ1) is 19.1. The largest absolute Gasteiger partial charge is 0.321 e. The molecule has 1 saturated heterocycles. The minimum atomic E-state index is -0.342. The average molecular weight is 453 g/mol. The SMILES string of the molecule is O=C(Nc1ccc(Cl)cc1Cl)c1ccc(N2C(=O)C3C4C=CC(C5CC45)C3C2=O)cc1. The van der Waals surface area contributed by atoms with Gasteiger partial charge in [0.1, 0.15) is 0 Å². The number of halogens is 2. The fourth-order valence-electron chi connectivity index (χ4n) is 5.76. The summed E-state index contributed by atoms with van der Waals surface area (Å²) in [5, 5.41) is 3.57. The van der Waals surface area contributed by atoms with Crippen molar-refractivity contribution in [1.29, 1.82) is 0 Å². The average Bonchev–Trinajstić information content (AvgIpc) is 3.54. The second-order valence-corrected chi connectivity index (χ2v) is 9.64. The van der Waals surface area contributed by atoms with Crippen LogP contribution in [0.5, 0.6) is 0 Å². The van der Waals surface area contributed by atoms with Gasteiger partial charge in [-0.3, -0.25) is 19.3 Å². The highest BCUT2D eigenvalue weighted by molar-refractivity contribution is 6.36. The highest BCUT2D eigenvalue weighted by Crippen LogP contribution is 2.65. The smallest absolute Gasteiger partial charge is 0.255 e. The van der Waals surface area contributed by atoms with Crippen LogP contribution in [-0.4, -0.2) is 17.7 Å². The molecule has 7 rings (SSSR count). The van der Waals surface area contributed by atoms with Gasteiger partial charge in [-0.25, -0.2) is 0 Å². The molecule has 5 nitrogen and oxygen atoms in total. The van der Waals surface area contributed by atoms with Crippen LogP contribution in [0.4, 0.5) is 11.4 Å². The molecule has 5 aliphatic rings. The first-order chi connectivity index (χ1) is 14.9. The highest BCUT2D eigenvalue weighted by Gasteiger charge is 2.67. The monoisotopic (exact) mass is 452 g/mol. The van der Waals surface area contributed by atoms with Crippen LogP contribution in [0.3, 0.4) is 0 Å². The third kappa shape index (κ3) is 2.80. The topological polar surface area (TPSA) is 66.5 Å². The Labute approximate surface area is 189 Å². The molecular formula is C24H18Cl2N2O3. The molecular weight excluding hydrogens is 435 g/mol. The molecule has 31 heavy (non-hydrogen) atoms. The summed E-state index contributed by atoms with van der Waals surface area (Å²) in [5.74, 6) is 0.492. The molecule has 6 unspecified atom stereocenters. The summed E-state index contributed by atoms with van der Waals surface area (Å²) in [6.07, 6.45) is 5.45. The number of anilines is 2. The molecule has 1 N–H and O–H groups in total. The van der Waals surface area contributed by atoms with Gasteiger partial charge in [0.25, 0.3) is 5.91 Å². The molecule has 3 fully saturated rings. The molecule has 6 atom stereocenters. The number of hydrogen-bond acceptors (Lipinski definition) is 3. The Hall–Kier alpha value is -2.63. The summed E-state index contributed by atoms with van der Waals surface area (Å²) in [6, 6.07) is 11.4. The quantitative estimate of drug-likeness (QED) is 0.536. The predicted molar refractivity (Wildman–Crippen MR) is 118 cm³/mol. The molecule has 1 heterocycles. The van der Waals surface area contributed by atoms with Crippen molar-refractivity contribution in [3.05, 3.63) is 70.2 Å². The number of hydrogen-bond donors (Lipinski definition) is 1. The summed E-state index contributed by atoms with van der Waals surface area (Å²) in [7, 11) is 0. The number of carbonyl (C=O) groups excluding carboxylic acids is 3. The van der Waals surface area contributed by atoms with Crippen molar-refractivity contribution in [2.45, 2.75) is 6.42 Å². The second kappa shape index (κ2) is 6.68. The van der Waals surface area contributed by atoms with E-state index in [0.29, 0.717) is 38.8 Å². The molecule has 0 spiro atoms. The van der Waals surface area contributed by atoms with Crippen LogP contribution in [0.1, 0.15) is 16.8 Å². The van der Waals surface area contributed by atoms with Crippen LogP contribution < -0.4 is 10.2 Å². The van der Waals surface area contributed by atoms with E-state index in [1.54, 1.807) is 42.5 Å². The van der Waals surface area contributed by atoms with Gasteiger partial charge in [0, 0.05) is 10.6 Å². The first-order valence-corrected chi connectivity index (χ1v) is 11.1. The molecule has 2 aromatic carbocycles. The van der Waals surface area contributed by atoms with Gasteiger partial charge in [-0.2, -0.15) is 0 Å². The van der Waals surface area contributed by atoms with Gasteiger partial charge in [0.05, 0.1) is 28.2 Å². The van der Waals surface area contributed by atoms with Crippen molar-refractivity contribution in [1.82, 2.24) is 0 Å². The maximum Gasteiger partial charge on any atom is 0.255 e. The third-order valence-electron chi connectivity index (χ3n) is 7.23. The normalized spacial score (nSPS) is 32.1. The summed E-state index contributed by atoms with van der Waals surface area (Å²) in [4.78, 5) is 40.3. The Balaban J connectivity index is 1.23. The lowest BCUT2D eigenvalue weighted by Gasteiger charge is -2.37. The van der Waals surface area contributed by atoms with E-state index in [1.165, 1.54) is 4.90 Å². The zero-order valence-corrected chi connectivity index (χ0v) is 17.8. The van der Waals surface area contributed by atoms with Crippen molar-refractivity contribution in [3.63, 3.8) is 0 Å². The number of carbonyl (C=O) groups is 3. The van der Waals surface area contributed by atoms with Crippen molar-refractivity contribution in [2.24, 2.45) is 35.5 Å². The third-order valence-corrected chi connectivity index (χ3v) is 7.78. The predicted octanol–water partition coefficient (Wildman–Crippen LogP) is 4.80. The number of amides is 3. The van der Waals surface area contributed by atoms with E-state index in [1.807, 2.05) is 0 Å². The molecule has 2 aromatic rings. The number of rotatable bonds is 3. The number of imide groups is 1. The van der Waals surface area contributed by atoms with Gasteiger partial charge in [-0.15, -0.1) is 0 Å². The van der Waals surface area contributed by atoms with E-state index in [9.17, 15) is 14.4 Å². The van der Waals surface area contributed by atoms with Gasteiger partial charge in [-0.05, 0) is 72.6 Å². The Morgan fingerprint density at radius 3 is 2.10 bits per heavy atom. The Kier molecular flexibility index (Phi) is 4.11. The summed E-state index contributed by atoms with van der Waals surface area (Å²) in [6.45, 7) is 0. The summed E-state index contributed by atoms with van der Waals surface area (Å²) < 4.78 is 0. The van der Waals surface area contributed by atoms with Gasteiger partial charge < -0.3 is 5.32 Å². The standard InChI is InChI=1S/C24H18Cl2N2O3/c25-12-3-8-19(18(26)9-12)27-22(29)11-1-4-13(5-2-11)28-23(30)20-14-6-7-15(17-10-16(14)17)21(20)24(28)31/h1-9,14-17,20-21H,10H2,(H,27,29). The van der Waals surface area contributed by atoms with E-state index in [0.717, 1.165) is 6.42 Å². The summed E-state index contributed by atoms with van der Waals surface area (Å²) >= 11 is 12.0. The van der Waals surface area contributed by atoms with Gasteiger partial charge in [0.15, 0.2) is 0 Å². The minimum absolute atomic E-state index is 0.107. The second-order valence-electron chi connectivity index (χ2n) is 8.79. The van der Waals surface area contributed by atoms with Crippen LogP contribution in [0.25, 0.3) is 0 Å². The number of nitrogens with zero attached hydrogens (tertiary/aromatic N) is 1. The lowest BCUT2D eigenvalue weighted by molar-refractivity contribution is -0.124. The highest BCUT2D eigenvalue weighted by atomic mass is 35.5. The molecule has 0 radical (unpaired) electrons. The van der Waals surface area contributed by atoms with Gasteiger partial charge in [-0.1, -0.05) is 35.4 Å².